The summed E-state index contributed by atoms with van der Waals surface area (Å²) in [5.74, 6) is 0. The molecule has 0 bridgehead atoms. The van der Waals surface area contributed by atoms with Crippen molar-refractivity contribution >= 4 is 16.6 Å². The first-order chi connectivity index (χ1) is 7.84. The Morgan fingerprint density at radius 2 is 1.94 bits per heavy atom. The fraction of sp³-hybridized carbons (Fsp3) is 0. The number of benzene rings is 1. The van der Waals surface area contributed by atoms with E-state index in [0.717, 1.165) is 16.8 Å². The van der Waals surface area contributed by atoms with Crippen LogP contribution >= 0.6 is 0 Å². The number of fused-ring (bicyclic) bond motifs is 1. The highest BCUT2D eigenvalue weighted by molar-refractivity contribution is 5.94. The van der Waals surface area contributed by atoms with E-state index in [1.165, 1.54) is 5.39 Å². The van der Waals surface area contributed by atoms with Gasteiger partial charge in [-0.3, -0.25) is 4.98 Å². The summed E-state index contributed by atoms with van der Waals surface area (Å²) in [5, 5.41) is 1.18. The zero-order valence-electron chi connectivity index (χ0n) is 8.64. The number of anilines is 1. The van der Waals surface area contributed by atoms with E-state index in [0.29, 0.717) is 5.69 Å². The molecule has 0 fully saturated rings. The van der Waals surface area contributed by atoms with Gasteiger partial charge < -0.3 is 10.7 Å². The number of hydrogen-bond donors (Lipinski definition) is 2. The maximum Gasteiger partial charge on any atom is 0.0725 e. The normalized spacial score (nSPS) is 10.8. The first-order valence-electron chi connectivity index (χ1n) is 5.12. The summed E-state index contributed by atoms with van der Waals surface area (Å²) in [6.45, 7) is 0. The Bertz CT molecular complexity index is 623. The summed E-state index contributed by atoms with van der Waals surface area (Å²) in [4.78, 5) is 7.56. The Morgan fingerprint density at radius 3 is 2.75 bits per heavy atom. The van der Waals surface area contributed by atoms with Gasteiger partial charge in [0.1, 0.15) is 0 Å². The summed E-state index contributed by atoms with van der Waals surface area (Å²) in [6.07, 6.45) is 3.65. The number of aromatic nitrogens is 2. The van der Waals surface area contributed by atoms with Crippen molar-refractivity contribution < 1.29 is 0 Å². The van der Waals surface area contributed by atoms with E-state index < -0.39 is 0 Å². The van der Waals surface area contributed by atoms with Gasteiger partial charge in [-0.1, -0.05) is 18.2 Å². The fourth-order valence-corrected chi connectivity index (χ4v) is 1.85. The number of nitrogen functional groups attached to an aromatic ring is 1. The lowest BCUT2D eigenvalue weighted by molar-refractivity contribution is 1.33. The van der Waals surface area contributed by atoms with Crippen LogP contribution in [0.4, 0.5) is 5.69 Å². The molecule has 2 aromatic heterocycles. The molecule has 0 aliphatic carbocycles. The van der Waals surface area contributed by atoms with Crippen molar-refractivity contribution in [1.82, 2.24) is 9.97 Å². The van der Waals surface area contributed by atoms with Crippen molar-refractivity contribution in [2.45, 2.75) is 0 Å². The molecular formula is C13H11N3. The second kappa shape index (κ2) is 3.38. The molecule has 0 aliphatic heterocycles. The molecule has 1 aromatic carbocycles. The molecule has 0 saturated heterocycles. The monoisotopic (exact) mass is 209 g/mol. The lowest BCUT2D eigenvalue weighted by Gasteiger charge is -1.99. The maximum atomic E-state index is 5.62. The number of para-hydroxylation sites is 1. The molecule has 2 heterocycles. The van der Waals surface area contributed by atoms with Crippen molar-refractivity contribution in [1.29, 1.82) is 0 Å². The Morgan fingerprint density at radius 1 is 1.06 bits per heavy atom. The number of nitrogens with one attached hydrogen (secondary N) is 1. The number of H-pyrrole nitrogens is 1. The molecule has 0 amide bonds. The highest BCUT2D eigenvalue weighted by Crippen LogP contribution is 2.26. The second-order valence-electron chi connectivity index (χ2n) is 3.72. The third-order valence-electron chi connectivity index (χ3n) is 2.65. The molecule has 3 nitrogen and oxygen atoms in total. The molecule has 78 valence electrons. The van der Waals surface area contributed by atoms with E-state index in [9.17, 15) is 0 Å². The van der Waals surface area contributed by atoms with Gasteiger partial charge in [0.15, 0.2) is 0 Å². The SMILES string of the molecule is Nc1ccc(-c2c[nH]c3ccccc23)nc1. The van der Waals surface area contributed by atoms with Gasteiger partial charge in [-0.2, -0.15) is 0 Å². The van der Waals surface area contributed by atoms with Gasteiger partial charge in [-0.05, 0) is 18.2 Å². The quantitative estimate of drug-likeness (QED) is 0.647. The minimum Gasteiger partial charge on any atom is -0.397 e. The average Bonchev–Trinajstić information content (AvgIpc) is 2.74. The van der Waals surface area contributed by atoms with Crippen LogP contribution in [0.1, 0.15) is 0 Å². The topological polar surface area (TPSA) is 54.7 Å². The van der Waals surface area contributed by atoms with Crippen molar-refractivity contribution in [3.8, 4) is 11.3 Å². The van der Waals surface area contributed by atoms with Crippen molar-refractivity contribution in [2.24, 2.45) is 0 Å². The van der Waals surface area contributed by atoms with Crippen LogP contribution in [-0.2, 0) is 0 Å². The van der Waals surface area contributed by atoms with E-state index >= 15 is 0 Å². The number of pyridine rings is 1. The Balaban J connectivity index is 2.22. The molecule has 16 heavy (non-hydrogen) atoms. The largest absolute Gasteiger partial charge is 0.397 e. The van der Waals surface area contributed by atoms with E-state index in [-0.39, 0.29) is 0 Å². The predicted molar refractivity (Wildman–Crippen MR) is 65.9 cm³/mol. The van der Waals surface area contributed by atoms with Gasteiger partial charge in [-0.25, -0.2) is 0 Å². The van der Waals surface area contributed by atoms with E-state index in [1.807, 2.05) is 30.5 Å². The maximum absolute atomic E-state index is 5.62. The minimum atomic E-state index is 0.684. The Labute approximate surface area is 92.9 Å². The third kappa shape index (κ3) is 1.34. The van der Waals surface area contributed by atoms with E-state index in [4.69, 9.17) is 5.73 Å². The summed E-state index contributed by atoms with van der Waals surface area (Å²) < 4.78 is 0. The fourth-order valence-electron chi connectivity index (χ4n) is 1.85. The lowest BCUT2D eigenvalue weighted by atomic mass is 10.1. The molecule has 3 heteroatoms. The molecular weight excluding hydrogens is 198 g/mol. The van der Waals surface area contributed by atoms with Crippen LogP contribution in [0.3, 0.4) is 0 Å². The van der Waals surface area contributed by atoms with Gasteiger partial charge >= 0.3 is 0 Å². The predicted octanol–water partition coefficient (Wildman–Crippen LogP) is 2.81. The Hall–Kier alpha value is -2.29. The summed E-state index contributed by atoms with van der Waals surface area (Å²) >= 11 is 0. The zero-order chi connectivity index (χ0) is 11.0. The Kier molecular flexibility index (Phi) is 1.90. The second-order valence-corrected chi connectivity index (χ2v) is 3.72. The van der Waals surface area contributed by atoms with Gasteiger partial charge in [-0.15, -0.1) is 0 Å². The summed E-state index contributed by atoms with van der Waals surface area (Å²) in [7, 11) is 0. The number of rotatable bonds is 1. The van der Waals surface area contributed by atoms with Crippen LogP contribution in [0.5, 0.6) is 0 Å². The van der Waals surface area contributed by atoms with Gasteiger partial charge in [0, 0.05) is 22.7 Å². The molecule has 0 radical (unpaired) electrons. The molecule has 0 atom stereocenters. The number of nitrogens with two attached hydrogens (primary N) is 1. The summed E-state index contributed by atoms with van der Waals surface area (Å²) in [5.41, 5.74) is 9.47. The van der Waals surface area contributed by atoms with E-state index in [1.54, 1.807) is 6.20 Å². The van der Waals surface area contributed by atoms with Crippen LogP contribution in [-0.4, -0.2) is 9.97 Å². The van der Waals surface area contributed by atoms with Crippen LogP contribution in [0, 0.1) is 0 Å². The minimum absolute atomic E-state index is 0.684. The molecule has 0 spiro atoms. The van der Waals surface area contributed by atoms with Crippen molar-refractivity contribution in [2.75, 3.05) is 5.73 Å². The summed E-state index contributed by atoms with van der Waals surface area (Å²) in [6, 6.07) is 12.0. The molecule has 0 aliphatic rings. The smallest absolute Gasteiger partial charge is 0.0725 e. The number of hydrogen-bond acceptors (Lipinski definition) is 2. The van der Waals surface area contributed by atoms with Crippen LogP contribution < -0.4 is 5.73 Å². The zero-order valence-corrected chi connectivity index (χ0v) is 8.64. The van der Waals surface area contributed by atoms with E-state index in [2.05, 4.69) is 22.1 Å². The average molecular weight is 209 g/mol. The molecule has 0 saturated carbocycles. The highest BCUT2D eigenvalue weighted by atomic mass is 14.7. The number of aromatic amines is 1. The standard InChI is InChI=1S/C13H11N3/c14-9-5-6-13(15-7-9)11-8-16-12-4-2-1-3-10(11)12/h1-8,16H,14H2. The van der Waals surface area contributed by atoms with Crippen LogP contribution in [0.15, 0.2) is 48.8 Å². The number of nitrogens with zero attached hydrogens (tertiary/aromatic N) is 1. The van der Waals surface area contributed by atoms with Crippen molar-refractivity contribution in [3.05, 3.63) is 48.8 Å². The van der Waals surface area contributed by atoms with Gasteiger partial charge in [0.2, 0.25) is 0 Å². The van der Waals surface area contributed by atoms with Crippen LogP contribution in [0.2, 0.25) is 0 Å². The first-order valence-corrected chi connectivity index (χ1v) is 5.12. The van der Waals surface area contributed by atoms with Crippen LogP contribution in [0.25, 0.3) is 22.2 Å². The third-order valence-corrected chi connectivity index (χ3v) is 2.65. The molecule has 3 N–H and O–H groups in total. The van der Waals surface area contributed by atoms with Crippen molar-refractivity contribution in [3.63, 3.8) is 0 Å². The molecule has 3 rings (SSSR count). The lowest BCUT2D eigenvalue weighted by Crippen LogP contribution is -1.87. The highest BCUT2D eigenvalue weighted by Gasteiger charge is 2.05. The van der Waals surface area contributed by atoms with Gasteiger partial charge in [0.05, 0.1) is 17.6 Å². The molecule has 0 unspecified atom stereocenters. The van der Waals surface area contributed by atoms with Gasteiger partial charge in [0.25, 0.3) is 0 Å². The first kappa shape index (κ1) is 8.97. The molecule has 3 aromatic rings.